The van der Waals surface area contributed by atoms with Gasteiger partial charge in [0.05, 0.1) is 6.10 Å². The van der Waals surface area contributed by atoms with Crippen LogP contribution in [-0.2, 0) is 4.74 Å². The van der Waals surface area contributed by atoms with Gasteiger partial charge in [0.1, 0.15) is 0 Å². The minimum absolute atomic E-state index is 0.331. The summed E-state index contributed by atoms with van der Waals surface area (Å²) in [4.78, 5) is 0. The van der Waals surface area contributed by atoms with Crippen LogP contribution in [0.1, 0.15) is 41.0 Å². The summed E-state index contributed by atoms with van der Waals surface area (Å²) in [5.74, 6) is 2.30. The Hall–Kier alpha value is -0.0800. The highest BCUT2D eigenvalue weighted by Gasteiger charge is 2.58. The van der Waals surface area contributed by atoms with Crippen molar-refractivity contribution in [1.82, 2.24) is 5.32 Å². The summed E-state index contributed by atoms with van der Waals surface area (Å²) in [6, 6.07) is 0.668. The van der Waals surface area contributed by atoms with E-state index in [1.807, 2.05) is 0 Å². The van der Waals surface area contributed by atoms with Crippen molar-refractivity contribution in [1.29, 1.82) is 0 Å². The first kappa shape index (κ1) is 12.4. The number of rotatable bonds is 4. The second-order valence-electron chi connectivity index (χ2n) is 6.67. The molecule has 2 nitrogen and oxygen atoms in total. The van der Waals surface area contributed by atoms with Crippen LogP contribution < -0.4 is 5.32 Å². The van der Waals surface area contributed by atoms with Gasteiger partial charge in [-0.1, -0.05) is 34.6 Å². The molecule has 94 valence electrons. The minimum atomic E-state index is 0.331. The SMILES string of the molecule is CC(C)C(C)CNC1C2CCOC2C1(C)C. The summed E-state index contributed by atoms with van der Waals surface area (Å²) in [6.07, 6.45) is 1.77. The minimum Gasteiger partial charge on any atom is -0.377 e. The van der Waals surface area contributed by atoms with E-state index in [1.54, 1.807) is 0 Å². The van der Waals surface area contributed by atoms with E-state index in [4.69, 9.17) is 4.74 Å². The van der Waals surface area contributed by atoms with Crippen LogP contribution in [0.25, 0.3) is 0 Å². The van der Waals surface area contributed by atoms with E-state index in [1.165, 1.54) is 6.42 Å². The van der Waals surface area contributed by atoms with Gasteiger partial charge < -0.3 is 10.1 Å². The maximum atomic E-state index is 5.81. The van der Waals surface area contributed by atoms with Crippen molar-refractivity contribution in [2.24, 2.45) is 23.2 Å². The molecule has 4 unspecified atom stereocenters. The molecule has 0 aromatic rings. The first-order valence-corrected chi connectivity index (χ1v) is 6.79. The Balaban J connectivity index is 1.86. The Bertz CT molecular complexity index is 249. The van der Waals surface area contributed by atoms with Gasteiger partial charge in [0.25, 0.3) is 0 Å². The predicted octanol–water partition coefficient (Wildman–Crippen LogP) is 2.68. The molecule has 0 bridgehead atoms. The second kappa shape index (κ2) is 4.30. The molecule has 0 radical (unpaired) electrons. The molecule has 1 heterocycles. The molecule has 2 fully saturated rings. The monoisotopic (exact) mass is 225 g/mol. The molecular formula is C14H27NO. The molecule has 4 atom stereocenters. The maximum Gasteiger partial charge on any atom is 0.0685 e. The highest BCUT2D eigenvalue weighted by Crippen LogP contribution is 2.52. The number of nitrogens with one attached hydrogen (secondary N) is 1. The third-order valence-corrected chi connectivity index (χ3v) is 4.90. The molecule has 0 amide bonds. The Kier molecular flexibility index (Phi) is 3.33. The van der Waals surface area contributed by atoms with Crippen LogP contribution >= 0.6 is 0 Å². The van der Waals surface area contributed by atoms with Crippen LogP contribution in [-0.4, -0.2) is 25.3 Å². The fourth-order valence-electron chi connectivity index (χ4n) is 3.29. The summed E-state index contributed by atoms with van der Waals surface area (Å²) in [7, 11) is 0. The van der Waals surface area contributed by atoms with E-state index in [2.05, 4.69) is 39.9 Å². The van der Waals surface area contributed by atoms with E-state index in [-0.39, 0.29) is 0 Å². The molecule has 2 heteroatoms. The Morgan fingerprint density at radius 2 is 2.00 bits per heavy atom. The smallest absolute Gasteiger partial charge is 0.0685 e. The second-order valence-corrected chi connectivity index (χ2v) is 6.67. The molecule has 16 heavy (non-hydrogen) atoms. The average Bonchev–Trinajstić information content (AvgIpc) is 2.63. The zero-order valence-electron chi connectivity index (χ0n) is 11.4. The lowest BCUT2D eigenvalue weighted by atomic mass is 9.57. The number of fused-ring (bicyclic) bond motifs is 1. The topological polar surface area (TPSA) is 21.3 Å². The maximum absolute atomic E-state index is 5.81. The van der Waals surface area contributed by atoms with Crippen molar-refractivity contribution in [3.63, 3.8) is 0 Å². The zero-order chi connectivity index (χ0) is 11.9. The summed E-state index contributed by atoms with van der Waals surface area (Å²) in [5, 5.41) is 3.78. The summed E-state index contributed by atoms with van der Waals surface area (Å²) in [5.41, 5.74) is 0.331. The molecular weight excluding hydrogens is 198 g/mol. The number of hydrogen-bond donors (Lipinski definition) is 1. The van der Waals surface area contributed by atoms with Crippen LogP contribution in [0, 0.1) is 23.2 Å². The van der Waals surface area contributed by atoms with Gasteiger partial charge in [-0.05, 0) is 24.8 Å². The van der Waals surface area contributed by atoms with Crippen LogP contribution in [0.5, 0.6) is 0 Å². The van der Waals surface area contributed by atoms with Gasteiger partial charge in [-0.2, -0.15) is 0 Å². The van der Waals surface area contributed by atoms with Crippen molar-refractivity contribution >= 4 is 0 Å². The van der Waals surface area contributed by atoms with Gasteiger partial charge in [-0.15, -0.1) is 0 Å². The molecule has 2 aliphatic rings. The van der Waals surface area contributed by atoms with Crippen LogP contribution in [0.2, 0.25) is 0 Å². The molecule has 1 aliphatic heterocycles. The molecule has 1 saturated heterocycles. The first-order chi connectivity index (χ1) is 7.44. The Labute approximate surface area is 100 Å². The highest BCUT2D eigenvalue weighted by atomic mass is 16.5. The standard InChI is InChI=1S/C14H27NO/c1-9(2)10(3)8-15-12-11-6-7-16-13(11)14(12,4)5/h9-13,15H,6-8H2,1-5H3. The van der Waals surface area contributed by atoms with Gasteiger partial charge in [-0.3, -0.25) is 0 Å². The normalized spacial score (nSPS) is 38.2. The largest absolute Gasteiger partial charge is 0.377 e. The van der Waals surface area contributed by atoms with Gasteiger partial charge >= 0.3 is 0 Å². The van der Waals surface area contributed by atoms with E-state index < -0.39 is 0 Å². The van der Waals surface area contributed by atoms with Crippen molar-refractivity contribution < 1.29 is 4.74 Å². The summed E-state index contributed by atoms with van der Waals surface area (Å²) < 4.78 is 5.81. The quantitative estimate of drug-likeness (QED) is 0.794. The first-order valence-electron chi connectivity index (χ1n) is 6.79. The Morgan fingerprint density at radius 1 is 1.31 bits per heavy atom. The third-order valence-electron chi connectivity index (χ3n) is 4.90. The van der Waals surface area contributed by atoms with Crippen molar-refractivity contribution in [3.05, 3.63) is 0 Å². The fourth-order valence-corrected chi connectivity index (χ4v) is 3.29. The van der Waals surface area contributed by atoms with E-state index in [0.717, 1.165) is 30.9 Å². The predicted molar refractivity (Wildman–Crippen MR) is 67.4 cm³/mol. The van der Waals surface area contributed by atoms with Gasteiger partial charge in [0, 0.05) is 24.0 Å². The highest BCUT2D eigenvalue weighted by molar-refractivity contribution is 5.11. The lowest BCUT2D eigenvalue weighted by molar-refractivity contribution is -0.113. The molecule has 1 saturated carbocycles. The third kappa shape index (κ3) is 1.91. The number of ether oxygens (including phenoxy) is 1. The van der Waals surface area contributed by atoms with E-state index in [0.29, 0.717) is 17.6 Å². The molecule has 0 aromatic carbocycles. The molecule has 1 aliphatic carbocycles. The summed E-state index contributed by atoms with van der Waals surface area (Å²) in [6.45, 7) is 13.8. The molecule has 0 spiro atoms. The lowest BCUT2D eigenvalue weighted by Gasteiger charge is -2.55. The van der Waals surface area contributed by atoms with E-state index in [9.17, 15) is 0 Å². The Morgan fingerprint density at radius 3 is 2.62 bits per heavy atom. The summed E-state index contributed by atoms with van der Waals surface area (Å²) >= 11 is 0. The average molecular weight is 225 g/mol. The van der Waals surface area contributed by atoms with Crippen molar-refractivity contribution in [2.75, 3.05) is 13.2 Å². The van der Waals surface area contributed by atoms with Crippen molar-refractivity contribution in [2.45, 2.75) is 53.2 Å². The lowest BCUT2D eigenvalue weighted by Crippen LogP contribution is -2.66. The number of hydrogen-bond acceptors (Lipinski definition) is 2. The molecule has 0 aromatic heterocycles. The van der Waals surface area contributed by atoms with Crippen LogP contribution in [0.3, 0.4) is 0 Å². The van der Waals surface area contributed by atoms with Crippen LogP contribution in [0.4, 0.5) is 0 Å². The zero-order valence-corrected chi connectivity index (χ0v) is 11.4. The van der Waals surface area contributed by atoms with Crippen molar-refractivity contribution in [3.8, 4) is 0 Å². The van der Waals surface area contributed by atoms with Gasteiger partial charge in [-0.25, -0.2) is 0 Å². The molecule has 1 N–H and O–H groups in total. The van der Waals surface area contributed by atoms with E-state index >= 15 is 0 Å². The molecule has 2 rings (SSSR count). The van der Waals surface area contributed by atoms with Gasteiger partial charge in [0.2, 0.25) is 0 Å². The van der Waals surface area contributed by atoms with Gasteiger partial charge in [0.15, 0.2) is 0 Å². The van der Waals surface area contributed by atoms with Crippen LogP contribution in [0.15, 0.2) is 0 Å². The fraction of sp³-hybridized carbons (Fsp3) is 1.00.